The summed E-state index contributed by atoms with van der Waals surface area (Å²) < 4.78 is 0. The topological polar surface area (TPSA) is 49.6 Å². The van der Waals surface area contributed by atoms with E-state index in [1.54, 1.807) is 6.92 Å². The minimum Gasteiger partial charge on any atom is -0.339 e. The number of likely N-dealkylation sites (N-methyl/N-ethyl adjacent to an activating group) is 1. The number of hydrogen-bond donors (Lipinski definition) is 1. The zero-order valence-corrected chi connectivity index (χ0v) is 12.0. The average Bonchev–Trinajstić information content (AvgIpc) is 2.88. The van der Waals surface area contributed by atoms with Gasteiger partial charge in [0, 0.05) is 19.1 Å². The van der Waals surface area contributed by atoms with Crippen molar-refractivity contribution in [2.75, 3.05) is 27.2 Å². The van der Waals surface area contributed by atoms with Crippen molar-refractivity contribution in [1.82, 2.24) is 9.80 Å². The fraction of sp³-hybridized carbons (Fsp3) is 0.533. The Kier molecular flexibility index (Phi) is 3.92. The molecule has 2 unspecified atom stereocenters. The summed E-state index contributed by atoms with van der Waals surface area (Å²) in [4.78, 5) is 16.7. The normalized spacial score (nSPS) is 22.6. The summed E-state index contributed by atoms with van der Waals surface area (Å²) in [5.74, 6) is 0.0167. The van der Waals surface area contributed by atoms with Crippen LogP contribution in [0, 0.1) is 0 Å². The number of likely N-dealkylation sites (tertiary alicyclic amines) is 1. The summed E-state index contributed by atoms with van der Waals surface area (Å²) in [6.45, 7) is 3.36. The second-order valence-corrected chi connectivity index (χ2v) is 5.73. The molecule has 4 heteroatoms. The summed E-state index contributed by atoms with van der Waals surface area (Å²) in [6.07, 6.45) is 1.02. The lowest BCUT2D eigenvalue weighted by Gasteiger charge is -2.30. The predicted molar refractivity (Wildman–Crippen MR) is 76.7 cm³/mol. The first kappa shape index (κ1) is 14.0. The van der Waals surface area contributed by atoms with Gasteiger partial charge < -0.3 is 15.5 Å². The van der Waals surface area contributed by atoms with E-state index >= 15 is 0 Å². The monoisotopic (exact) mass is 261 g/mol. The van der Waals surface area contributed by atoms with E-state index in [2.05, 4.69) is 19.0 Å². The van der Waals surface area contributed by atoms with Gasteiger partial charge in [-0.1, -0.05) is 30.3 Å². The van der Waals surface area contributed by atoms with E-state index in [0.717, 1.165) is 25.1 Å². The van der Waals surface area contributed by atoms with Gasteiger partial charge in [0.05, 0.1) is 0 Å². The van der Waals surface area contributed by atoms with E-state index in [0.29, 0.717) is 6.04 Å². The molecule has 0 aromatic heterocycles. The number of carbonyl (C=O) groups is 1. The van der Waals surface area contributed by atoms with Gasteiger partial charge in [-0.05, 0) is 33.0 Å². The molecule has 1 aromatic rings. The first-order valence-corrected chi connectivity index (χ1v) is 6.73. The van der Waals surface area contributed by atoms with Crippen molar-refractivity contribution < 1.29 is 4.79 Å². The Morgan fingerprint density at radius 3 is 2.53 bits per heavy atom. The van der Waals surface area contributed by atoms with E-state index in [9.17, 15) is 4.79 Å². The highest BCUT2D eigenvalue weighted by atomic mass is 16.2. The Hall–Kier alpha value is -1.39. The third kappa shape index (κ3) is 2.80. The Morgan fingerprint density at radius 1 is 1.37 bits per heavy atom. The number of rotatable bonds is 3. The van der Waals surface area contributed by atoms with Gasteiger partial charge in [-0.2, -0.15) is 0 Å². The van der Waals surface area contributed by atoms with Crippen LogP contribution in [-0.4, -0.2) is 48.9 Å². The highest BCUT2D eigenvalue weighted by Crippen LogP contribution is 2.23. The van der Waals surface area contributed by atoms with Gasteiger partial charge in [-0.25, -0.2) is 0 Å². The molecule has 0 bridgehead atoms. The maximum Gasteiger partial charge on any atom is 0.247 e. The summed E-state index contributed by atoms with van der Waals surface area (Å²) in [6, 6.07) is 10.0. The first-order valence-electron chi connectivity index (χ1n) is 6.73. The van der Waals surface area contributed by atoms with Gasteiger partial charge in [0.2, 0.25) is 5.91 Å². The summed E-state index contributed by atoms with van der Waals surface area (Å²) in [5, 5.41) is 0. The van der Waals surface area contributed by atoms with Crippen molar-refractivity contribution in [3.05, 3.63) is 35.9 Å². The van der Waals surface area contributed by atoms with E-state index in [1.165, 1.54) is 0 Å². The molecule has 2 atom stereocenters. The molecule has 1 aliphatic rings. The van der Waals surface area contributed by atoms with Crippen LogP contribution in [0.25, 0.3) is 0 Å². The van der Waals surface area contributed by atoms with Crippen molar-refractivity contribution in [3.8, 4) is 0 Å². The van der Waals surface area contributed by atoms with Crippen LogP contribution in [0.2, 0.25) is 0 Å². The Balaban J connectivity index is 2.12. The standard InChI is InChI=1S/C15H23N3O/c1-15(16,12-7-5-4-6-8-12)14(19)18-10-9-13(11-18)17(2)3/h4-8,13H,9-11,16H2,1-3H3. The first-order chi connectivity index (χ1) is 8.93. The van der Waals surface area contributed by atoms with Crippen LogP contribution in [0.1, 0.15) is 18.9 Å². The fourth-order valence-corrected chi connectivity index (χ4v) is 2.58. The number of carbonyl (C=O) groups excluding carboxylic acids is 1. The Labute approximate surface area is 115 Å². The van der Waals surface area contributed by atoms with E-state index in [1.807, 2.05) is 35.2 Å². The lowest BCUT2D eigenvalue weighted by Crippen LogP contribution is -2.50. The largest absolute Gasteiger partial charge is 0.339 e. The van der Waals surface area contributed by atoms with E-state index in [-0.39, 0.29) is 5.91 Å². The van der Waals surface area contributed by atoms with Crippen LogP contribution in [0.5, 0.6) is 0 Å². The molecule has 2 rings (SSSR count). The SMILES string of the molecule is CN(C)C1CCN(C(=O)C(C)(N)c2ccccc2)C1. The molecular formula is C15H23N3O. The molecule has 0 aliphatic carbocycles. The Bertz CT molecular complexity index is 442. The molecule has 0 radical (unpaired) electrons. The van der Waals surface area contributed by atoms with Crippen LogP contribution >= 0.6 is 0 Å². The zero-order valence-electron chi connectivity index (χ0n) is 12.0. The number of hydrogen-bond acceptors (Lipinski definition) is 3. The highest BCUT2D eigenvalue weighted by Gasteiger charge is 2.37. The summed E-state index contributed by atoms with van der Waals surface area (Å²) in [7, 11) is 4.11. The van der Waals surface area contributed by atoms with Crippen molar-refractivity contribution in [3.63, 3.8) is 0 Å². The number of nitrogens with two attached hydrogens (primary N) is 1. The van der Waals surface area contributed by atoms with Gasteiger partial charge in [0.25, 0.3) is 0 Å². The quantitative estimate of drug-likeness (QED) is 0.884. The number of amides is 1. The van der Waals surface area contributed by atoms with Crippen molar-refractivity contribution >= 4 is 5.91 Å². The molecule has 1 amide bonds. The molecule has 0 saturated carbocycles. The van der Waals surface area contributed by atoms with Crippen molar-refractivity contribution in [2.45, 2.75) is 24.9 Å². The number of nitrogens with zero attached hydrogens (tertiary/aromatic N) is 2. The molecule has 19 heavy (non-hydrogen) atoms. The Morgan fingerprint density at radius 2 is 2.00 bits per heavy atom. The highest BCUT2D eigenvalue weighted by molar-refractivity contribution is 5.87. The number of benzene rings is 1. The van der Waals surface area contributed by atoms with Crippen LogP contribution < -0.4 is 5.73 Å². The molecule has 1 saturated heterocycles. The van der Waals surface area contributed by atoms with Gasteiger partial charge in [0.1, 0.15) is 5.54 Å². The average molecular weight is 261 g/mol. The molecule has 0 spiro atoms. The third-order valence-electron chi connectivity index (χ3n) is 4.00. The fourth-order valence-electron chi connectivity index (χ4n) is 2.58. The minimum absolute atomic E-state index is 0.0167. The van der Waals surface area contributed by atoms with Gasteiger partial charge >= 0.3 is 0 Å². The van der Waals surface area contributed by atoms with Crippen molar-refractivity contribution in [2.24, 2.45) is 5.73 Å². The molecular weight excluding hydrogens is 238 g/mol. The van der Waals surface area contributed by atoms with Crippen LogP contribution in [0.3, 0.4) is 0 Å². The molecule has 1 aliphatic heterocycles. The van der Waals surface area contributed by atoms with Crippen LogP contribution in [0.4, 0.5) is 0 Å². The molecule has 104 valence electrons. The zero-order chi connectivity index (χ0) is 14.0. The second-order valence-electron chi connectivity index (χ2n) is 5.73. The molecule has 2 N–H and O–H groups in total. The predicted octanol–water partition coefficient (Wildman–Crippen LogP) is 1.02. The maximum absolute atomic E-state index is 12.6. The van der Waals surface area contributed by atoms with Crippen LogP contribution in [-0.2, 0) is 10.3 Å². The molecule has 4 nitrogen and oxygen atoms in total. The third-order valence-corrected chi connectivity index (χ3v) is 4.00. The minimum atomic E-state index is -0.942. The van der Waals surface area contributed by atoms with Crippen LogP contribution in [0.15, 0.2) is 30.3 Å². The lowest BCUT2D eigenvalue weighted by atomic mass is 9.92. The summed E-state index contributed by atoms with van der Waals surface area (Å²) >= 11 is 0. The van der Waals surface area contributed by atoms with Gasteiger partial charge in [0.15, 0.2) is 0 Å². The molecule has 1 fully saturated rings. The van der Waals surface area contributed by atoms with Gasteiger partial charge in [-0.15, -0.1) is 0 Å². The van der Waals surface area contributed by atoms with Crippen molar-refractivity contribution in [1.29, 1.82) is 0 Å². The molecule has 1 heterocycles. The lowest BCUT2D eigenvalue weighted by molar-refractivity contribution is -0.135. The van der Waals surface area contributed by atoms with Gasteiger partial charge in [-0.3, -0.25) is 4.79 Å². The molecule has 1 aromatic carbocycles. The second kappa shape index (κ2) is 5.31. The van der Waals surface area contributed by atoms with E-state index < -0.39 is 5.54 Å². The summed E-state index contributed by atoms with van der Waals surface area (Å²) in [5.41, 5.74) is 6.20. The van der Waals surface area contributed by atoms with E-state index in [4.69, 9.17) is 5.73 Å². The maximum atomic E-state index is 12.6. The smallest absolute Gasteiger partial charge is 0.247 e.